The molecule has 18 heavy (non-hydrogen) atoms. The molecule has 1 fully saturated rings. The van der Waals surface area contributed by atoms with Crippen LogP contribution in [0.3, 0.4) is 0 Å². The van der Waals surface area contributed by atoms with E-state index >= 15 is 0 Å². The molecule has 2 heterocycles. The zero-order chi connectivity index (χ0) is 11.4. The lowest BCUT2D eigenvalue weighted by atomic mass is 9.92. The minimum Gasteiger partial charge on any atom is -0.329 e. The molecule has 6 heteroatoms. The van der Waals surface area contributed by atoms with Crippen LogP contribution in [0.2, 0.25) is 0 Å². The van der Waals surface area contributed by atoms with Crippen molar-refractivity contribution in [1.82, 2.24) is 14.7 Å². The molecule has 0 radical (unpaired) electrons. The fourth-order valence-corrected chi connectivity index (χ4v) is 2.50. The Labute approximate surface area is 122 Å². The van der Waals surface area contributed by atoms with Crippen LogP contribution in [0, 0.1) is 5.92 Å². The first-order chi connectivity index (χ1) is 7.79. The van der Waals surface area contributed by atoms with E-state index in [1.54, 1.807) is 0 Å². The van der Waals surface area contributed by atoms with E-state index in [1.165, 1.54) is 19.4 Å². The summed E-state index contributed by atoms with van der Waals surface area (Å²) in [6, 6.07) is 2.54. The molecule has 1 aromatic heterocycles. The van der Waals surface area contributed by atoms with Gasteiger partial charge in [-0.3, -0.25) is 9.58 Å². The van der Waals surface area contributed by atoms with Gasteiger partial charge in [-0.25, -0.2) is 0 Å². The van der Waals surface area contributed by atoms with Gasteiger partial charge in [-0.05, 0) is 31.4 Å². The largest absolute Gasteiger partial charge is 0.329 e. The van der Waals surface area contributed by atoms with Crippen molar-refractivity contribution < 1.29 is 0 Å². The van der Waals surface area contributed by atoms with Gasteiger partial charge in [0, 0.05) is 31.5 Å². The third kappa shape index (κ3) is 4.76. The average Bonchev–Trinajstić information content (AvgIpc) is 2.80. The summed E-state index contributed by atoms with van der Waals surface area (Å²) in [5.74, 6) is 0.828. The quantitative estimate of drug-likeness (QED) is 0.921. The molecule has 1 aromatic rings. The van der Waals surface area contributed by atoms with Crippen LogP contribution in [0.5, 0.6) is 0 Å². The molecule has 0 aliphatic carbocycles. The lowest BCUT2D eigenvalue weighted by Crippen LogP contribution is -2.47. The monoisotopic (exact) mass is 294 g/mol. The van der Waals surface area contributed by atoms with E-state index in [0.717, 1.165) is 25.6 Å². The molecule has 2 rings (SSSR count). The predicted octanol–water partition coefficient (Wildman–Crippen LogP) is 1.79. The van der Waals surface area contributed by atoms with E-state index in [9.17, 15) is 0 Å². The molecule has 106 valence electrons. The van der Waals surface area contributed by atoms with Crippen LogP contribution in [0.4, 0.5) is 0 Å². The number of rotatable bonds is 4. The second-order valence-electron chi connectivity index (χ2n) is 4.82. The van der Waals surface area contributed by atoms with E-state index in [2.05, 4.69) is 16.9 Å². The molecule has 4 nitrogen and oxygen atoms in total. The van der Waals surface area contributed by atoms with Crippen molar-refractivity contribution in [3.63, 3.8) is 0 Å². The van der Waals surface area contributed by atoms with Crippen LogP contribution in [-0.2, 0) is 6.54 Å². The zero-order valence-electron chi connectivity index (χ0n) is 10.9. The molecular formula is C12H24Cl2N4. The van der Waals surface area contributed by atoms with E-state index < -0.39 is 0 Å². The van der Waals surface area contributed by atoms with Gasteiger partial charge in [0.2, 0.25) is 0 Å². The van der Waals surface area contributed by atoms with Gasteiger partial charge in [0.1, 0.15) is 0 Å². The lowest BCUT2D eigenvalue weighted by molar-refractivity contribution is 0.117. The minimum absolute atomic E-state index is 0. The molecule has 2 unspecified atom stereocenters. The molecule has 1 saturated heterocycles. The summed E-state index contributed by atoms with van der Waals surface area (Å²) in [5, 5.41) is 4.23. The standard InChI is InChI=1S/C12H22N4.2ClH/c1-11-3-6-15(12(9-11)10-13)7-8-16-5-2-4-14-16;;/h2,4-5,11-12H,3,6-10,13H2,1H3;2*1H. The maximum Gasteiger partial charge on any atom is 0.0536 e. The van der Waals surface area contributed by atoms with Crippen molar-refractivity contribution in [3.8, 4) is 0 Å². The second kappa shape index (κ2) is 8.75. The number of nitrogens with two attached hydrogens (primary N) is 1. The Balaban J connectivity index is 0.00000144. The van der Waals surface area contributed by atoms with Crippen molar-refractivity contribution in [2.75, 3.05) is 19.6 Å². The van der Waals surface area contributed by atoms with E-state index in [0.29, 0.717) is 6.04 Å². The van der Waals surface area contributed by atoms with Crippen LogP contribution >= 0.6 is 24.8 Å². The SMILES string of the molecule is CC1CCN(CCn2cccn2)C(CN)C1.Cl.Cl. The van der Waals surface area contributed by atoms with Gasteiger partial charge < -0.3 is 5.73 Å². The Bertz CT molecular complexity index is 305. The van der Waals surface area contributed by atoms with E-state index in [1.807, 2.05) is 23.1 Å². The van der Waals surface area contributed by atoms with E-state index in [-0.39, 0.29) is 24.8 Å². The third-order valence-corrected chi connectivity index (χ3v) is 3.55. The number of likely N-dealkylation sites (tertiary alicyclic amines) is 1. The van der Waals surface area contributed by atoms with Crippen molar-refractivity contribution in [2.24, 2.45) is 11.7 Å². The van der Waals surface area contributed by atoms with Crippen LogP contribution in [0.25, 0.3) is 0 Å². The van der Waals surface area contributed by atoms with Gasteiger partial charge in [0.25, 0.3) is 0 Å². The first-order valence-corrected chi connectivity index (χ1v) is 6.21. The summed E-state index contributed by atoms with van der Waals surface area (Å²) < 4.78 is 1.99. The van der Waals surface area contributed by atoms with Crippen LogP contribution in [-0.4, -0.2) is 40.4 Å². The van der Waals surface area contributed by atoms with Crippen molar-refractivity contribution in [2.45, 2.75) is 32.4 Å². The molecule has 0 bridgehead atoms. The van der Waals surface area contributed by atoms with Gasteiger partial charge in [-0.1, -0.05) is 6.92 Å². The number of nitrogens with zero attached hydrogens (tertiary/aromatic N) is 3. The topological polar surface area (TPSA) is 47.1 Å². The summed E-state index contributed by atoms with van der Waals surface area (Å²) in [7, 11) is 0. The predicted molar refractivity (Wildman–Crippen MR) is 79.5 cm³/mol. The van der Waals surface area contributed by atoms with Crippen molar-refractivity contribution >= 4 is 24.8 Å². The van der Waals surface area contributed by atoms with Crippen molar-refractivity contribution in [1.29, 1.82) is 0 Å². The summed E-state index contributed by atoms with van der Waals surface area (Å²) in [5.41, 5.74) is 5.84. The molecule has 1 aliphatic rings. The third-order valence-electron chi connectivity index (χ3n) is 3.55. The summed E-state index contributed by atoms with van der Waals surface area (Å²) in [6.45, 7) is 6.33. The van der Waals surface area contributed by atoms with Crippen LogP contribution in [0.15, 0.2) is 18.5 Å². The number of hydrogen-bond donors (Lipinski definition) is 1. The summed E-state index contributed by atoms with van der Waals surface area (Å²) in [4.78, 5) is 2.52. The van der Waals surface area contributed by atoms with Gasteiger partial charge in [0.15, 0.2) is 0 Å². The summed E-state index contributed by atoms with van der Waals surface area (Å²) >= 11 is 0. The summed E-state index contributed by atoms with van der Waals surface area (Å²) in [6.07, 6.45) is 6.40. The van der Waals surface area contributed by atoms with E-state index in [4.69, 9.17) is 5.73 Å². The Morgan fingerprint density at radius 1 is 1.33 bits per heavy atom. The Kier molecular flexibility index (Phi) is 8.61. The molecular weight excluding hydrogens is 271 g/mol. The van der Waals surface area contributed by atoms with Gasteiger partial charge in [0.05, 0.1) is 6.54 Å². The maximum atomic E-state index is 5.84. The fraction of sp³-hybridized carbons (Fsp3) is 0.750. The van der Waals surface area contributed by atoms with Gasteiger partial charge >= 0.3 is 0 Å². The fourth-order valence-electron chi connectivity index (χ4n) is 2.50. The van der Waals surface area contributed by atoms with Gasteiger partial charge in [-0.15, -0.1) is 24.8 Å². The average molecular weight is 295 g/mol. The van der Waals surface area contributed by atoms with Crippen molar-refractivity contribution in [3.05, 3.63) is 18.5 Å². The highest BCUT2D eigenvalue weighted by atomic mass is 35.5. The molecule has 0 saturated carbocycles. The van der Waals surface area contributed by atoms with Crippen LogP contribution < -0.4 is 5.73 Å². The van der Waals surface area contributed by atoms with Crippen LogP contribution in [0.1, 0.15) is 19.8 Å². The highest BCUT2D eigenvalue weighted by Gasteiger charge is 2.24. The number of halogens is 2. The number of hydrogen-bond acceptors (Lipinski definition) is 3. The molecule has 1 aliphatic heterocycles. The molecule has 0 amide bonds. The molecule has 0 aromatic carbocycles. The highest BCUT2D eigenvalue weighted by Crippen LogP contribution is 2.21. The first-order valence-electron chi connectivity index (χ1n) is 6.21. The second-order valence-corrected chi connectivity index (χ2v) is 4.82. The zero-order valence-corrected chi connectivity index (χ0v) is 12.5. The molecule has 0 spiro atoms. The van der Waals surface area contributed by atoms with Gasteiger partial charge in [-0.2, -0.15) is 5.10 Å². The smallest absolute Gasteiger partial charge is 0.0536 e. The normalized spacial score (nSPS) is 24.1. The molecule has 2 atom stereocenters. The molecule has 2 N–H and O–H groups in total. The first kappa shape index (κ1) is 17.7. The Hall–Kier alpha value is -0.290. The highest BCUT2D eigenvalue weighted by molar-refractivity contribution is 5.85. The number of aromatic nitrogens is 2. The Morgan fingerprint density at radius 2 is 2.11 bits per heavy atom. The minimum atomic E-state index is 0. The Morgan fingerprint density at radius 3 is 2.72 bits per heavy atom. The number of piperidine rings is 1. The lowest BCUT2D eigenvalue weighted by Gasteiger charge is -2.37. The maximum absolute atomic E-state index is 5.84.